The van der Waals surface area contributed by atoms with Gasteiger partial charge in [-0.15, -0.1) is 0 Å². The molecule has 1 saturated heterocycles. The van der Waals surface area contributed by atoms with Gasteiger partial charge >= 0.3 is 0 Å². The van der Waals surface area contributed by atoms with Crippen LogP contribution in [0.1, 0.15) is 44.9 Å². The maximum Gasteiger partial charge on any atom is 0.225 e. The Morgan fingerprint density at radius 1 is 1.16 bits per heavy atom. The first-order valence-electron chi connectivity index (χ1n) is 9.02. The molecule has 1 heterocycles. The topological polar surface area (TPSA) is 66.5 Å². The first-order valence-corrected chi connectivity index (χ1v) is 10.7. The molecule has 0 radical (unpaired) electrons. The van der Waals surface area contributed by atoms with Crippen molar-refractivity contribution in [3.05, 3.63) is 24.0 Å². The van der Waals surface area contributed by atoms with Crippen molar-refractivity contribution in [1.29, 1.82) is 0 Å². The van der Waals surface area contributed by atoms with Gasteiger partial charge in [0.25, 0.3) is 0 Å². The molecule has 25 heavy (non-hydrogen) atoms. The predicted octanol–water partition coefficient (Wildman–Crippen LogP) is 3.11. The van der Waals surface area contributed by atoms with E-state index in [0.29, 0.717) is 18.5 Å². The number of hydrogen-bond acceptors (Lipinski definition) is 4. The second-order valence-corrected chi connectivity index (χ2v) is 9.30. The number of anilines is 2. The number of hydrogen-bond donors (Lipinski definition) is 1. The van der Waals surface area contributed by atoms with Crippen LogP contribution in [0.4, 0.5) is 15.8 Å². The largest absolute Gasteiger partial charge is 0.370 e. The van der Waals surface area contributed by atoms with E-state index in [0.717, 1.165) is 38.8 Å². The van der Waals surface area contributed by atoms with Crippen LogP contribution in [0.25, 0.3) is 0 Å². The highest BCUT2D eigenvalue weighted by atomic mass is 32.2. The second kappa shape index (κ2) is 7.72. The summed E-state index contributed by atoms with van der Waals surface area (Å²) < 4.78 is 38.8. The standard InChI is InChI=1S/C18H25FN2O3S/c19-15-8-5-9-16(21-11-3-4-12-21)18(15)20-17(22)10-13-25(23,24)14-6-1-2-7-14/h5,8-9,14H,1-4,6-7,10-13H2,(H,20,22). The van der Waals surface area contributed by atoms with E-state index in [1.54, 1.807) is 12.1 Å². The van der Waals surface area contributed by atoms with Gasteiger partial charge in [0.2, 0.25) is 5.91 Å². The molecule has 3 rings (SSSR count). The lowest BCUT2D eigenvalue weighted by Crippen LogP contribution is -2.26. The van der Waals surface area contributed by atoms with Gasteiger partial charge in [-0.1, -0.05) is 18.9 Å². The zero-order chi connectivity index (χ0) is 17.9. The molecular weight excluding hydrogens is 343 g/mol. The molecule has 0 unspecified atom stereocenters. The fraction of sp³-hybridized carbons (Fsp3) is 0.611. The number of nitrogens with zero attached hydrogens (tertiary/aromatic N) is 1. The first kappa shape index (κ1) is 18.2. The van der Waals surface area contributed by atoms with E-state index in [-0.39, 0.29) is 23.1 Å². The summed E-state index contributed by atoms with van der Waals surface area (Å²) in [6.07, 6.45) is 5.21. The Labute approximate surface area is 148 Å². The van der Waals surface area contributed by atoms with Gasteiger partial charge in [-0.25, -0.2) is 12.8 Å². The molecule has 138 valence electrons. The van der Waals surface area contributed by atoms with E-state index < -0.39 is 21.6 Å². The lowest BCUT2D eigenvalue weighted by molar-refractivity contribution is -0.115. The molecule has 2 aliphatic rings. The number of amides is 1. The van der Waals surface area contributed by atoms with Crippen LogP contribution in [-0.2, 0) is 14.6 Å². The zero-order valence-electron chi connectivity index (χ0n) is 14.3. The van der Waals surface area contributed by atoms with Crippen LogP contribution >= 0.6 is 0 Å². The molecule has 1 aromatic rings. The third-order valence-corrected chi connectivity index (χ3v) is 7.39. The number of nitrogens with one attached hydrogen (secondary N) is 1. The Balaban J connectivity index is 1.65. The van der Waals surface area contributed by atoms with Crippen molar-refractivity contribution < 1.29 is 17.6 Å². The van der Waals surface area contributed by atoms with Gasteiger partial charge in [-0.2, -0.15) is 0 Å². The number of carbonyl (C=O) groups excluding carboxylic acids is 1. The molecule has 5 nitrogen and oxygen atoms in total. The van der Waals surface area contributed by atoms with Crippen LogP contribution in [0, 0.1) is 5.82 Å². The van der Waals surface area contributed by atoms with Crippen LogP contribution in [0.5, 0.6) is 0 Å². The van der Waals surface area contributed by atoms with E-state index >= 15 is 0 Å². The van der Waals surface area contributed by atoms with Gasteiger partial charge in [0, 0.05) is 19.5 Å². The minimum Gasteiger partial charge on any atom is -0.370 e. The fourth-order valence-corrected chi connectivity index (χ4v) is 5.56. The molecule has 0 spiro atoms. The lowest BCUT2D eigenvalue weighted by atomic mass is 10.2. The third-order valence-electron chi connectivity index (χ3n) is 5.13. The van der Waals surface area contributed by atoms with Gasteiger partial charge < -0.3 is 10.2 Å². The highest BCUT2D eigenvalue weighted by Crippen LogP contribution is 2.31. The molecule has 1 amide bonds. The lowest BCUT2D eigenvalue weighted by Gasteiger charge is -2.22. The van der Waals surface area contributed by atoms with Gasteiger partial charge in [0.1, 0.15) is 11.5 Å². The Morgan fingerprint density at radius 3 is 2.52 bits per heavy atom. The summed E-state index contributed by atoms with van der Waals surface area (Å²) in [6, 6.07) is 4.73. The molecule has 1 aromatic carbocycles. The number of rotatable bonds is 6. The molecule has 1 aliphatic heterocycles. The van der Waals surface area contributed by atoms with E-state index in [4.69, 9.17) is 0 Å². The molecule has 1 saturated carbocycles. The second-order valence-electron chi connectivity index (χ2n) is 6.90. The Kier molecular flexibility index (Phi) is 5.61. The average Bonchev–Trinajstić information content (AvgIpc) is 3.28. The Morgan fingerprint density at radius 2 is 1.84 bits per heavy atom. The average molecular weight is 368 g/mol. The molecule has 7 heteroatoms. The maximum absolute atomic E-state index is 14.2. The number of halogens is 1. The molecule has 0 bridgehead atoms. The summed E-state index contributed by atoms with van der Waals surface area (Å²) in [6.45, 7) is 1.67. The summed E-state index contributed by atoms with van der Waals surface area (Å²) in [5.41, 5.74) is 0.831. The minimum absolute atomic E-state index is 0.132. The monoisotopic (exact) mass is 368 g/mol. The predicted molar refractivity (Wildman–Crippen MR) is 97.1 cm³/mol. The molecule has 2 fully saturated rings. The minimum atomic E-state index is -3.25. The molecule has 0 atom stereocenters. The van der Waals surface area contributed by atoms with Crippen molar-refractivity contribution in [1.82, 2.24) is 0 Å². The van der Waals surface area contributed by atoms with Crippen LogP contribution in [0.2, 0.25) is 0 Å². The summed E-state index contributed by atoms with van der Waals surface area (Å²) in [5.74, 6) is -1.11. The van der Waals surface area contributed by atoms with E-state index in [1.807, 2.05) is 4.90 Å². The number of para-hydroxylation sites is 1. The van der Waals surface area contributed by atoms with Gasteiger partial charge in [0.05, 0.1) is 16.7 Å². The quantitative estimate of drug-likeness (QED) is 0.838. The van der Waals surface area contributed by atoms with Gasteiger partial charge in [-0.05, 0) is 37.8 Å². The van der Waals surface area contributed by atoms with Crippen molar-refractivity contribution in [3.63, 3.8) is 0 Å². The van der Waals surface area contributed by atoms with Crippen molar-refractivity contribution >= 4 is 27.1 Å². The van der Waals surface area contributed by atoms with Crippen LogP contribution in [0.3, 0.4) is 0 Å². The summed E-state index contributed by atoms with van der Waals surface area (Å²) >= 11 is 0. The van der Waals surface area contributed by atoms with Crippen molar-refractivity contribution in [2.75, 3.05) is 29.1 Å². The van der Waals surface area contributed by atoms with Gasteiger partial charge in [-0.3, -0.25) is 4.79 Å². The number of sulfone groups is 1. The summed E-state index contributed by atoms with van der Waals surface area (Å²) in [5, 5.41) is 2.29. The smallest absolute Gasteiger partial charge is 0.225 e. The van der Waals surface area contributed by atoms with Crippen molar-refractivity contribution in [2.24, 2.45) is 0 Å². The van der Waals surface area contributed by atoms with Crippen molar-refractivity contribution in [2.45, 2.75) is 50.2 Å². The zero-order valence-corrected chi connectivity index (χ0v) is 15.2. The molecule has 0 aromatic heterocycles. The SMILES string of the molecule is O=C(CCS(=O)(=O)C1CCCC1)Nc1c(F)cccc1N1CCCC1. The third kappa shape index (κ3) is 4.32. The summed E-state index contributed by atoms with van der Waals surface area (Å²) in [7, 11) is -3.25. The Bertz CT molecular complexity index is 724. The van der Waals surface area contributed by atoms with E-state index in [9.17, 15) is 17.6 Å². The number of benzene rings is 1. The Hall–Kier alpha value is -1.63. The van der Waals surface area contributed by atoms with Crippen LogP contribution in [0.15, 0.2) is 18.2 Å². The summed E-state index contributed by atoms with van der Waals surface area (Å²) in [4.78, 5) is 14.3. The molecule has 1 N–H and O–H groups in total. The molecule has 1 aliphatic carbocycles. The van der Waals surface area contributed by atoms with Crippen LogP contribution < -0.4 is 10.2 Å². The van der Waals surface area contributed by atoms with E-state index in [2.05, 4.69) is 5.32 Å². The van der Waals surface area contributed by atoms with Gasteiger partial charge in [0.15, 0.2) is 9.84 Å². The number of carbonyl (C=O) groups is 1. The first-order chi connectivity index (χ1) is 12.0. The maximum atomic E-state index is 14.2. The van der Waals surface area contributed by atoms with E-state index in [1.165, 1.54) is 6.07 Å². The highest BCUT2D eigenvalue weighted by molar-refractivity contribution is 7.92. The molecular formula is C18H25FN2O3S. The highest BCUT2D eigenvalue weighted by Gasteiger charge is 2.29. The van der Waals surface area contributed by atoms with Crippen molar-refractivity contribution in [3.8, 4) is 0 Å². The fourth-order valence-electron chi connectivity index (χ4n) is 3.71. The normalized spacial score (nSPS) is 18.7. The van der Waals surface area contributed by atoms with Crippen LogP contribution in [-0.4, -0.2) is 38.4 Å².